The van der Waals surface area contributed by atoms with Crippen LogP contribution in [0, 0.1) is 0 Å². The van der Waals surface area contributed by atoms with Crippen molar-refractivity contribution in [3.63, 3.8) is 0 Å². The highest BCUT2D eigenvalue weighted by molar-refractivity contribution is 5.74. The van der Waals surface area contributed by atoms with Crippen LogP contribution in [-0.2, 0) is 17.8 Å². The average molecular weight is 356 g/mol. The number of carboxylic acid groups (broad SMARTS) is 1. The molecule has 6 heteroatoms. The van der Waals surface area contributed by atoms with Crippen LogP contribution in [0.15, 0.2) is 54.6 Å². The minimum absolute atomic E-state index is 0.00425. The summed E-state index contributed by atoms with van der Waals surface area (Å²) in [4.78, 5) is 23.1. The van der Waals surface area contributed by atoms with Crippen LogP contribution in [0.25, 0.3) is 0 Å². The molecule has 0 aromatic heterocycles. The molecule has 2 aromatic carbocycles. The standard InChI is InChI=1S/C20H24N2O4/c1-26-18-10-6-5-9-16(18)14-21-20(25)22-17(11-12-19(23)24)13-15-7-3-2-4-8-15/h2-10,17H,11-14H2,1H3,(H,23,24)(H2,21,22,25). The summed E-state index contributed by atoms with van der Waals surface area (Å²) in [5.41, 5.74) is 1.92. The van der Waals surface area contributed by atoms with E-state index in [1.807, 2.05) is 54.6 Å². The fourth-order valence-electron chi connectivity index (χ4n) is 2.68. The molecule has 1 unspecified atom stereocenters. The van der Waals surface area contributed by atoms with Gasteiger partial charge in [-0.2, -0.15) is 0 Å². The molecule has 2 aromatic rings. The van der Waals surface area contributed by atoms with Crippen molar-refractivity contribution in [1.29, 1.82) is 0 Å². The summed E-state index contributed by atoms with van der Waals surface area (Å²) in [6.45, 7) is 0.326. The number of ether oxygens (including phenoxy) is 1. The molecule has 0 saturated carbocycles. The van der Waals surface area contributed by atoms with Gasteiger partial charge in [-0.15, -0.1) is 0 Å². The number of hydrogen-bond donors (Lipinski definition) is 3. The van der Waals surface area contributed by atoms with Crippen molar-refractivity contribution in [1.82, 2.24) is 10.6 Å². The van der Waals surface area contributed by atoms with Gasteiger partial charge in [0.25, 0.3) is 0 Å². The summed E-state index contributed by atoms with van der Waals surface area (Å²) in [5.74, 6) is -0.168. The summed E-state index contributed by atoms with van der Waals surface area (Å²) in [5, 5.41) is 14.6. The Morgan fingerprint density at radius 1 is 1.08 bits per heavy atom. The number of rotatable bonds is 9. The molecule has 0 aliphatic rings. The van der Waals surface area contributed by atoms with E-state index in [-0.39, 0.29) is 18.5 Å². The zero-order chi connectivity index (χ0) is 18.8. The second kappa shape index (κ2) is 10.1. The highest BCUT2D eigenvalue weighted by Gasteiger charge is 2.15. The first-order valence-corrected chi connectivity index (χ1v) is 8.50. The molecule has 0 fully saturated rings. The van der Waals surface area contributed by atoms with Gasteiger partial charge >= 0.3 is 12.0 Å². The molecule has 0 radical (unpaired) electrons. The van der Waals surface area contributed by atoms with Gasteiger partial charge in [-0.1, -0.05) is 48.5 Å². The molecule has 1 atom stereocenters. The third-order valence-electron chi connectivity index (χ3n) is 4.00. The van der Waals surface area contributed by atoms with E-state index in [1.54, 1.807) is 7.11 Å². The molecular formula is C20H24N2O4. The number of benzene rings is 2. The molecule has 0 aliphatic carbocycles. The van der Waals surface area contributed by atoms with E-state index < -0.39 is 5.97 Å². The van der Waals surface area contributed by atoms with E-state index in [0.29, 0.717) is 25.1 Å². The Hall–Kier alpha value is -3.02. The Morgan fingerprint density at radius 2 is 1.77 bits per heavy atom. The molecule has 0 spiro atoms. The number of hydrogen-bond acceptors (Lipinski definition) is 3. The first-order chi connectivity index (χ1) is 12.6. The summed E-state index contributed by atoms with van der Waals surface area (Å²) < 4.78 is 5.27. The first-order valence-electron chi connectivity index (χ1n) is 8.50. The van der Waals surface area contributed by atoms with E-state index in [1.165, 1.54) is 0 Å². The molecule has 138 valence electrons. The second-order valence-electron chi connectivity index (χ2n) is 5.96. The minimum atomic E-state index is -0.876. The van der Waals surface area contributed by atoms with Gasteiger partial charge in [0.1, 0.15) is 5.75 Å². The summed E-state index contributed by atoms with van der Waals surface area (Å²) in [6, 6.07) is 16.6. The smallest absolute Gasteiger partial charge is 0.315 e. The fourth-order valence-corrected chi connectivity index (χ4v) is 2.68. The molecule has 26 heavy (non-hydrogen) atoms. The van der Waals surface area contributed by atoms with Crippen molar-refractivity contribution < 1.29 is 19.4 Å². The Kier molecular flexibility index (Phi) is 7.49. The maximum absolute atomic E-state index is 12.3. The lowest BCUT2D eigenvalue weighted by atomic mass is 10.0. The quantitative estimate of drug-likeness (QED) is 0.645. The Balaban J connectivity index is 1.93. The molecule has 2 rings (SSSR count). The number of amides is 2. The Morgan fingerprint density at radius 3 is 2.46 bits per heavy atom. The van der Waals surface area contributed by atoms with Crippen LogP contribution in [0.4, 0.5) is 4.79 Å². The average Bonchev–Trinajstić information content (AvgIpc) is 2.65. The van der Waals surface area contributed by atoms with Gasteiger partial charge in [0.15, 0.2) is 0 Å². The largest absolute Gasteiger partial charge is 0.496 e. The van der Waals surface area contributed by atoms with Gasteiger partial charge in [-0.3, -0.25) is 4.79 Å². The van der Waals surface area contributed by atoms with Gasteiger partial charge in [0, 0.05) is 24.6 Å². The van der Waals surface area contributed by atoms with E-state index >= 15 is 0 Å². The molecule has 0 bridgehead atoms. The number of nitrogens with one attached hydrogen (secondary N) is 2. The number of para-hydroxylation sites is 1. The van der Waals surface area contributed by atoms with Gasteiger partial charge in [0.2, 0.25) is 0 Å². The fraction of sp³-hybridized carbons (Fsp3) is 0.300. The number of urea groups is 1. The van der Waals surface area contributed by atoms with Crippen LogP contribution >= 0.6 is 0 Å². The number of carbonyl (C=O) groups excluding carboxylic acids is 1. The molecule has 0 aliphatic heterocycles. The van der Waals surface area contributed by atoms with Crippen LogP contribution in [0.2, 0.25) is 0 Å². The minimum Gasteiger partial charge on any atom is -0.496 e. The van der Waals surface area contributed by atoms with Crippen molar-refractivity contribution >= 4 is 12.0 Å². The number of aliphatic carboxylic acids is 1. The maximum Gasteiger partial charge on any atom is 0.315 e. The Bertz CT molecular complexity index is 719. The lowest BCUT2D eigenvalue weighted by Gasteiger charge is -2.19. The monoisotopic (exact) mass is 356 g/mol. The van der Waals surface area contributed by atoms with Crippen molar-refractivity contribution in [2.24, 2.45) is 0 Å². The van der Waals surface area contributed by atoms with Gasteiger partial charge in [0.05, 0.1) is 7.11 Å². The highest BCUT2D eigenvalue weighted by atomic mass is 16.5. The topological polar surface area (TPSA) is 87.7 Å². The van der Waals surface area contributed by atoms with Gasteiger partial charge in [-0.25, -0.2) is 4.79 Å². The van der Waals surface area contributed by atoms with Crippen molar-refractivity contribution in [2.75, 3.05) is 7.11 Å². The van der Waals surface area contributed by atoms with Crippen molar-refractivity contribution in [3.05, 3.63) is 65.7 Å². The van der Waals surface area contributed by atoms with Crippen LogP contribution in [0.1, 0.15) is 24.0 Å². The number of methoxy groups -OCH3 is 1. The molecule has 0 saturated heterocycles. The maximum atomic E-state index is 12.3. The molecule has 3 N–H and O–H groups in total. The zero-order valence-corrected chi connectivity index (χ0v) is 14.8. The summed E-state index contributed by atoms with van der Waals surface area (Å²) in [6.07, 6.45) is 0.951. The van der Waals surface area contributed by atoms with Crippen molar-refractivity contribution in [2.45, 2.75) is 31.8 Å². The van der Waals surface area contributed by atoms with E-state index in [9.17, 15) is 9.59 Å². The zero-order valence-electron chi connectivity index (χ0n) is 14.8. The van der Waals surface area contributed by atoms with E-state index in [2.05, 4.69) is 10.6 Å². The second-order valence-corrected chi connectivity index (χ2v) is 5.96. The normalized spacial score (nSPS) is 11.4. The molecule has 2 amide bonds. The summed E-state index contributed by atoms with van der Waals surface area (Å²) in [7, 11) is 1.58. The van der Waals surface area contributed by atoms with Crippen LogP contribution in [-0.4, -0.2) is 30.3 Å². The summed E-state index contributed by atoms with van der Waals surface area (Å²) >= 11 is 0. The van der Waals surface area contributed by atoms with E-state index in [0.717, 1.165) is 11.1 Å². The number of carbonyl (C=O) groups is 2. The van der Waals surface area contributed by atoms with Crippen molar-refractivity contribution in [3.8, 4) is 5.75 Å². The third kappa shape index (κ3) is 6.47. The highest BCUT2D eigenvalue weighted by Crippen LogP contribution is 2.16. The van der Waals surface area contributed by atoms with Crippen LogP contribution < -0.4 is 15.4 Å². The van der Waals surface area contributed by atoms with E-state index in [4.69, 9.17) is 9.84 Å². The molecular weight excluding hydrogens is 332 g/mol. The lowest BCUT2D eigenvalue weighted by molar-refractivity contribution is -0.137. The van der Waals surface area contributed by atoms with Crippen LogP contribution in [0.5, 0.6) is 5.75 Å². The first kappa shape index (κ1) is 19.3. The Labute approximate surface area is 153 Å². The molecule has 6 nitrogen and oxygen atoms in total. The predicted octanol–water partition coefficient (Wildman–Crippen LogP) is 2.97. The lowest BCUT2D eigenvalue weighted by Crippen LogP contribution is -2.43. The van der Waals surface area contributed by atoms with Crippen LogP contribution in [0.3, 0.4) is 0 Å². The predicted molar refractivity (Wildman–Crippen MR) is 99.2 cm³/mol. The third-order valence-corrected chi connectivity index (χ3v) is 4.00. The van der Waals surface area contributed by atoms with Gasteiger partial charge < -0.3 is 20.5 Å². The molecule has 0 heterocycles. The number of carboxylic acids is 1. The van der Waals surface area contributed by atoms with Gasteiger partial charge in [-0.05, 0) is 24.5 Å². The SMILES string of the molecule is COc1ccccc1CNC(=O)NC(CCC(=O)O)Cc1ccccc1.